The topological polar surface area (TPSA) is 202 Å². The quantitative estimate of drug-likeness (QED) is 0.185. The molecule has 1 saturated carbocycles. The molecule has 0 unspecified atom stereocenters. The van der Waals surface area contributed by atoms with Gasteiger partial charge in [0, 0.05) is 49.1 Å². The van der Waals surface area contributed by atoms with Crippen molar-refractivity contribution in [1.29, 1.82) is 0 Å². The molecule has 280 valence electrons. The number of anilines is 2. The zero-order valence-electron chi connectivity index (χ0n) is 30.3. The average molecular weight is 726 g/mol. The van der Waals surface area contributed by atoms with Gasteiger partial charge in [-0.25, -0.2) is 29.6 Å². The van der Waals surface area contributed by atoms with E-state index in [-0.39, 0.29) is 18.2 Å². The Hall–Kier alpha value is -5.41. The van der Waals surface area contributed by atoms with Gasteiger partial charge in [0.25, 0.3) is 5.91 Å². The number of morpholine rings is 1. The number of aromatic nitrogens is 5. The van der Waals surface area contributed by atoms with Crippen LogP contribution in [0, 0.1) is 11.8 Å². The van der Waals surface area contributed by atoms with Crippen molar-refractivity contribution in [2.75, 3.05) is 42.6 Å². The molecule has 1 saturated heterocycles. The van der Waals surface area contributed by atoms with Gasteiger partial charge in [-0.05, 0) is 94.2 Å². The number of aromatic amines is 2. The van der Waals surface area contributed by atoms with Crippen LogP contribution in [0.3, 0.4) is 0 Å². The number of nitrogens with one attached hydrogen (secondary N) is 3. The van der Waals surface area contributed by atoms with Crippen LogP contribution in [0.5, 0.6) is 0 Å². The second kappa shape index (κ2) is 16.5. The molecule has 0 bridgehead atoms. The van der Waals surface area contributed by atoms with Gasteiger partial charge in [0.1, 0.15) is 5.60 Å². The van der Waals surface area contributed by atoms with Gasteiger partial charge in [0.15, 0.2) is 5.82 Å². The number of hydrogen-bond acceptors (Lipinski definition) is 11. The molecule has 0 spiro atoms. The molecule has 3 heterocycles. The highest BCUT2D eigenvalue weighted by atomic mass is 16.6. The normalized spacial score (nSPS) is 18.2. The SMILES string of the molecule is CC(C)(C)OC(=O)NC[C@H]1CC[C@H](C(=O)N(C(=O)[C@@H](N)Cc2cccc(-c3cnc(N4CCOCC4)nc3)c2)c2ccc(-c3n[nH]c(=O)[nH]3)cc2)CC1. The second-order valence-electron chi connectivity index (χ2n) is 14.6. The monoisotopic (exact) mass is 725 g/mol. The maximum atomic E-state index is 14.2. The molecular weight excluding hydrogens is 678 g/mol. The molecule has 15 heteroatoms. The lowest BCUT2D eigenvalue weighted by molar-refractivity contribution is -0.130. The van der Waals surface area contributed by atoms with Crippen LogP contribution < -0.4 is 26.5 Å². The number of ether oxygens (including phenoxy) is 2. The Bertz CT molecular complexity index is 1920. The van der Waals surface area contributed by atoms with Crippen LogP contribution in [0.1, 0.15) is 52.0 Å². The third kappa shape index (κ3) is 9.73. The minimum absolute atomic E-state index is 0.182. The molecule has 53 heavy (non-hydrogen) atoms. The predicted molar refractivity (Wildman–Crippen MR) is 199 cm³/mol. The van der Waals surface area contributed by atoms with Crippen molar-refractivity contribution < 1.29 is 23.9 Å². The second-order valence-corrected chi connectivity index (χ2v) is 14.6. The van der Waals surface area contributed by atoms with Crippen LogP contribution in [0.15, 0.2) is 65.7 Å². The molecule has 1 aliphatic carbocycles. The van der Waals surface area contributed by atoms with Gasteiger partial charge in [-0.15, -0.1) is 0 Å². The number of nitrogens with two attached hydrogens (primary N) is 1. The summed E-state index contributed by atoms with van der Waals surface area (Å²) in [5, 5.41) is 9.16. The average Bonchev–Trinajstić information content (AvgIpc) is 3.60. The van der Waals surface area contributed by atoms with Gasteiger partial charge < -0.3 is 25.4 Å². The summed E-state index contributed by atoms with van der Waals surface area (Å²) in [5.74, 6) is -0.0787. The summed E-state index contributed by atoms with van der Waals surface area (Å²) >= 11 is 0. The van der Waals surface area contributed by atoms with Crippen molar-refractivity contribution in [2.45, 2.75) is 64.5 Å². The number of hydrogen-bond donors (Lipinski definition) is 4. The van der Waals surface area contributed by atoms with Crippen molar-refractivity contribution in [2.24, 2.45) is 17.6 Å². The standard InChI is InChI=1S/C38H47N9O6/c1-38(2,3)53-37(51)42-21-24-7-9-27(10-8-24)33(48)47(30-13-11-26(12-14-30)32-43-36(50)45-44-32)34(49)31(39)20-25-5-4-6-28(19-25)29-22-40-35(41-23-29)46-15-17-52-18-16-46/h4-6,11-14,19,22-24,27,31H,7-10,15-18,20-21,39H2,1-3H3,(H,42,51)(H2,43,44,45,50)/t24-,27-,31-/m0/s1. The summed E-state index contributed by atoms with van der Waals surface area (Å²) < 4.78 is 10.8. The fourth-order valence-corrected chi connectivity index (χ4v) is 6.66. The maximum Gasteiger partial charge on any atom is 0.407 e. The Labute approximate surface area is 307 Å². The van der Waals surface area contributed by atoms with Crippen LogP contribution in [-0.2, 0) is 25.5 Å². The molecule has 2 aliphatic rings. The van der Waals surface area contributed by atoms with Gasteiger partial charge in [0.05, 0.1) is 24.9 Å². The Balaban J connectivity index is 1.16. The number of rotatable bonds is 10. The molecule has 0 radical (unpaired) electrons. The molecule has 15 nitrogen and oxygen atoms in total. The number of carbonyl (C=O) groups excluding carboxylic acids is 3. The van der Waals surface area contributed by atoms with Crippen LogP contribution in [0.4, 0.5) is 16.4 Å². The van der Waals surface area contributed by atoms with Crippen molar-refractivity contribution in [3.63, 3.8) is 0 Å². The summed E-state index contributed by atoms with van der Waals surface area (Å²) in [7, 11) is 0. The highest BCUT2D eigenvalue weighted by Gasteiger charge is 2.35. The van der Waals surface area contributed by atoms with E-state index >= 15 is 0 Å². The first-order valence-corrected chi connectivity index (χ1v) is 18.0. The Kier molecular flexibility index (Phi) is 11.6. The molecule has 1 atom stereocenters. The Morgan fingerprint density at radius 3 is 2.34 bits per heavy atom. The lowest BCUT2D eigenvalue weighted by Gasteiger charge is -2.32. The minimum atomic E-state index is -1.02. The minimum Gasteiger partial charge on any atom is -0.444 e. The Morgan fingerprint density at radius 1 is 1.00 bits per heavy atom. The summed E-state index contributed by atoms with van der Waals surface area (Å²) in [6.45, 7) is 8.65. The number of H-pyrrole nitrogens is 2. The first kappa shape index (κ1) is 37.4. The van der Waals surface area contributed by atoms with Crippen LogP contribution in [-0.4, -0.2) is 87.5 Å². The Morgan fingerprint density at radius 2 is 1.70 bits per heavy atom. The largest absolute Gasteiger partial charge is 0.444 e. The molecule has 3 amide bonds. The highest BCUT2D eigenvalue weighted by Crippen LogP contribution is 2.32. The van der Waals surface area contributed by atoms with Crippen LogP contribution in [0.25, 0.3) is 22.5 Å². The molecule has 2 fully saturated rings. The van der Waals surface area contributed by atoms with Crippen LogP contribution in [0.2, 0.25) is 0 Å². The first-order chi connectivity index (χ1) is 25.4. The number of carbonyl (C=O) groups is 3. The number of alkyl carbamates (subject to hydrolysis) is 1. The van der Waals surface area contributed by atoms with Gasteiger partial charge >= 0.3 is 11.8 Å². The zero-order valence-corrected chi connectivity index (χ0v) is 30.3. The first-order valence-electron chi connectivity index (χ1n) is 18.0. The lowest BCUT2D eigenvalue weighted by Crippen LogP contribution is -2.50. The van der Waals surface area contributed by atoms with Gasteiger partial charge in [0.2, 0.25) is 11.9 Å². The molecule has 6 rings (SSSR count). The summed E-state index contributed by atoms with van der Waals surface area (Å²) in [6, 6.07) is 13.4. The van der Waals surface area contributed by atoms with E-state index in [0.29, 0.717) is 68.5 Å². The molecule has 2 aromatic carbocycles. The van der Waals surface area contributed by atoms with E-state index in [9.17, 15) is 19.2 Å². The van der Waals surface area contributed by atoms with Crippen molar-refractivity contribution in [1.82, 2.24) is 30.5 Å². The van der Waals surface area contributed by atoms with E-state index in [1.807, 2.05) is 45.0 Å². The van der Waals surface area contributed by atoms with Crippen molar-refractivity contribution in [3.05, 3.63) is 77.0 Å². The smallest absolute Gasteiger partial charge is 0.407 e. The van der Waals surface area contributed by atoms with E-state index in [0.717, 1.165) is 29.8 Å². The number of nitrogens with zero attached hydrogens (tertiary/aromatic N) is 5. The highest BCUT2D eigenvalue weighted by molar-refractivity contribution is 6.17. The van der Waals surface area contributed by atoms with Crippen molar-refractivity contribution in [3.8, 4) is 22.5 Å². The fourth-order valence-electron chi connectivity index (χ4n) is 6.66. The fraction of sp³-hybridized carbons (Fsp3) is 0.447. The molecule has 4 aromatic rings. The third-order valence-corrected chi connectivity index (χ3v) is 9.44. The van der Waals surface area contributed by atoms with E-state index in [2.05, 4.69) is 35.4 Å². The molecule has 5 N–H and O–H groups in total. The van der Waals surface area contributed by atoms with Gasteiger partial charge in [-0.2, -0.15) is 5.10 Å². The van der Waals surface area contributed by atoms with Crippen molar-refractivity contribution >= 4 is 29.5 Å². The summed E-state index contributed by atoms with van der Waals surface area (Å²) in [6.07, 6.45) is 5.81. The van der Waals surface area contributed by atoms with E-state index in [4.69, 9.17) is 15.2 Å². The predicted octanol–water partition coefficient (Wildman–Crippen LogP) is 3.82. The van der Waals surface area contributed by atoms with E-state index in [1.54, 1.807) is 36.7 Å². The van der Waals surface area contributed by atoms with Crippen LogP contribution >= 0.6 is 0 Å². The van der Waals surface area contributed by atoms with Gasteiger partial charge in [-0.3, -0.25) is 14.6 Å². The third-order valence-electron chi connectivity index (χ3n) is 9.44. The number of amides is 3. The van der Waals surface area contributed by atoms with E-state index < -0.39 is 35.3 Å². The van der Waals surface area contributed by atoms with E-state index in [1.165, 1.54) is 4.90 Å². The number of benzene rings is 2. The lowest BCUT2D eigenvalue weighted by atomic mass is 9.81. The zero-order chi connectivity index (χ0) is 37.5. The molecular formula is C38H47N9O6. The summed E-state index contributed by atoms with van der Waals surface area (Å²) in [5.41, 5.74) is 9.09. The summed E-state index contributed by atoms with van der Waals surface area (Å²) in [4.78, 5) is 67.3. The molecule has 2 aromatic heterocycles. The molecule has 1 aliphatic heterocycles. The number of imide groups is 1. The maximum absolute atomic E-state index is 14.2. The van der Waals surface area contributed by atoms with Gasteiger partial charge in [-0.1, -0.05) is 24.3 Å².